The van der Waals surface area contributed by atoms with Crippen molar-refractivity contribution in [1.29, 1.82) is 0 Å². The van der Waals surface area contributed by atoms with Crippen molar-refractivity contribution in [2.75, 3.05) is 20.2 Å². The predicted octanol–water partition coefficient (Wildman–Crippen LogP) is 2.92. The largest absolute Gasteiger partial charge is 0.391 e. The van der Waals surface area contributed by atoms with Crippen LogP contribution in [-0.2, 0) is 4.74 Å². The molecule has 0 spiro atoms. The normalized spacial score (nSPS) is 29.2. The maximum Gasteiger partial charge on any atom is 0.0695 e. The molecule has 19 heavy (non-hydrogen) atoms. The van der Waals surface area contributed by atoms with Crippen molar-refractivity contribution in [2.45, 2.75) is 72.1 Å². The lowest BCUT2D eigenvalue weighted by Crippen LogP contribution is -2.48. The Balaban J connectivity index is 2.49. The van der Waals surface area contributed by atoms with Gasteiger partial charge < -0.3 is 9.84 Å². The van der Waals surface area contributed by atoms with Crippen LogP contribution in [0.15, 0.2) is 0 Å². The Hall–Kier alpha value is -0.120. The number of ether oxygens (including phenoxy) is 1. The Morgan fingerprint density at radius 1 is 1.26 bits per heavy atom. The lowest BCUT2D eigenvalue weighted by atomic mass is 9.70. The lowest BCUT2D eigenvalue weighted by molar-refractivity contribution is -0.0210. The van der Waals surface area contributed by atoms with E-state index in [9.17, 15) is 5.11 Å². The molecule has 3 unspecified atom stereocenters. The maximum absolute atomic E-state index is 10.2. The van der Waals surface area contributed by atoms with Gasteiger partial charge in [-0.2, -0.15) is 0 Å². The number of hydrogen-bond donors (Lipinski definition) is 1. The summed E-state index contributed by atoms with van der Waals surface area (Å²) in [7, 11) is 2.11. The highest BCUT2D eigenvalue weighted by molar-refractivity contribution is 4.89. The Labute approximate surface area is 119 Å². The van der Waals surface area contributed by atoms with Crippen LogP contribution in [0.3, 0.4) is 0 Å². The number of hydrogen-bond acceptors (Lipinski definition) is 3. The summed E-state index contributed by atoms with van der Waals surface area (Å²) < 4.78 is 5.61. The van der Waals surface area contributed by atoms with Gasteiger partial charge in [0.25, 0.3) is 0 Å². The van der Waals surface area contributed by atoms with Crippen molar-refractivity contribution >= 4 is 0 Å². The van der Waals surface area contributed by atoms with Gasteiger partial charge in [0.2, 0.25) is 0 Å². The average molecular weight is 271 g/mol. The molecule has 0 aromatic rings. The van der Waals surface area contributed by atoms with Gasteiger partial charge in [-0.1, -0.05) is 20.8 Å². The third-order valence-electron chi connectivity index (χ3n) is 4.47. The molecule has 1 fully saturated rings. The van der Waals surface area contributed by atoms with E-state index < -0.39 is 0 Å². The summed E-state index contributed by atoms with van der Waals surface area (Å²) in [5.74, 6) is 0.703. The smallest absolute Gasteiger partial charge is 0.0695 e. The molecular formula is C16H33NO2. The van der Waals surface area contributed by atoms with E-state index in [1.54, 1.807) is 0 Å². The van der Waals surface area contributed by atoms with Gasteiger partial charge in [-0.15, -0.1) is 0 Å². The summed E-state index contributed by atoms with van der Waals surface area (Å²) in [6.07, 6.45) is 3.29. The van der Waals surface area contributed by atoms with Gasteiger partial charge in [0.1, 0.15) is 0 Å². The Kier molecular flexibility index (Phi) is 6.28. The van der Waals surface area contributed by atoms with Gasteiger partial charge in [-0.3, -0.25) is 4.90 Å². The first-order valence-corrected chi connectivity index (χ1v) is 7.71. The second-order valence-electron chi connectivity index (χ2n) is 7.41. The van der Waals surface area contributed by atoms with Crippen molar-refractivity contribution in [1.82, 2.24) is 4.90 Å². The van der Waals surface area contributed by atoms with Crippen LogP contribution in [0, 0.1) is 11.3 Å². The SMILES string of the molecule is CC(C)OCCN(C)C1CC(C(C)(C)C)CCC1O. The second-order valence-corrected chi connectivity index (χ2v) is 7.41. The summed E-state index contributed by atoms with van der Waals surface area (Å²) >= 11 is 0. The van der Waals surface area contributed by atoms with Crippen molar-refractivity contribution < 1.29 is 9.84 Å². The first-order valence-electron chi connectivity index (χ1n) is 7.71. The van der Waals surface area contributed by atoms with E-state index in [-0.39, 0.29) is 18.2 Å². The molecule has 0 heterocycles. The second kappa shape index (κ2) is 7.05. The summed E-state index contributed by atoms with van der Waals surface area (Å²) in [6.45, 7) is 12.7. The first kappa shape index (κ1) is 16.9. The number of likely N-dealkylation sites (N-methyl/N-ethyl adjacent to an activating group) is 1. The van der Waals surface area contributed by atoms with Crippen LogP contribution in [0.4, 0.5) is 0 Å². The van der Waals surface area contributed by atoms with Crippen LogP contribution in [0.1, 0.15) is 53.9 Å². The molecule has 3 nitrogen and oxygen atoms in total. The topological polar surface area (TPSA) is 32.7 Å². The number of aliphatic hydroxyl groups is 1. The summed E-state index contributed by atoms with van der Waals surface area (Å²) in [5, 5.41) is 10.2. The van der Waals surface area contributed by atoms with E-state index in [1.165, 1.54) is 0 Å². The number of nitrogens with zero attached hydrogens (tertiary/aromatic N) is 1. The Morgan fingerprint density at radius 3 is 2.42 bits per heavy atom. The molecule has 1 aliphatic carbocycles. The number of aliphatic hydroxyl groups excluding tert-OH is 1. The zero-order valence-corrected chi connectivity index (χ0v) is 13.6. The molecular weight excluding hydrogens is 238 g/mol. The molecule has 3 atom stereocenters. The quantitative estimate of drug-likeness (QED) is 0.834. The fourth-order valence-corrected chi connectivity index (χ4v) is 2.99. The summed E-state index contributed by atoms with van der Waals surface area (Å²) in [6, 6.07) is 0.286. The summed E-state index contributed by atoms with van der Waals surface area (Å²) in [5.41, 5.74) is 0.341. The predicted molar refractivity (Wildman–Crippen MR) is 80.3 cm³/mol. The van der Waals surface area contributed by atoms with Gasteiger partial charge in [-0.25, -0.2) is 0 Å². The Morgan fingerprint density at radius 2 is 1.89 bits per heavy atom. The van der Waals surface area contributed by atoms with Crippen molar-refractivity contribution in [3.05, 3.63) is 0 Å². The third-order valence-corrected chi connectivity index (χ3v) is 4.47. The highest BCUT2D eigenvalue weighted by atomic mass is 16.5. The van der Waals surface area contributed by atoms with Gasteiger partial charge in [-0.05, 0) is 51.5 Å². The van der Waals surface area contributed by atoms with Gasteiger partial charge >= 0.3 is 0 Å². The van der Waals surface area contributed by atoms with E-state index in [4.69, 9.17) is 4.74 Å². The molecule has 0 saturated heterocycles. The molecule has 0 bridgehead atoms. The van der Waals surface area contributed by atoms with Crippen LogP contribution in [0.5, 0.6) is 0 Å². The first-order chi connectivity index (χ1) is 8.71. The molecule has 0 radical (unpaired) electrons. The molecule has 3 heteroatoms. The van der Waals surface area contributed by atoms with E-state index >= 15 is 0 Å². The van der Waals surface area contributed by atoms with Crippen LogP contribution in [-0.4, -0.2) is 48.5 Å². The molecule has 0 amide bonds. The van der Waals surface area contributed by atoms with Crippen LogP contribution >= 0.6 is 0 Å². The molecule has 1 rings (SSSR count). The molecule has 0 aromatic heterocycles. The van der Waals surface area contributed by atoms with Crippen molar-refractivity contribution in [2.24, 2.45) is 11.3 Å². The zero-order chi connectivity index (χ0) is 14.6. The molecule has 1 N–H and O–H groups in total. The average Bonchev–Trinajstić information content (AvgIpc) is 2.27. The van der Waals surface area contributed by atoms with E-state index in [0.717, 1.165) is 32.4 Å². The van der Waals surface area contributed by atoms with E-state index in [1.807, 2.05) is 0 Å². The molecule has 0 aliphatic heterocycles. The zero-order valence-electron chi connectivity index (χ0n) is 13.6. The van der Waals surface area contributed by atoms with Gasteiger partial charge in [0.05, 0.1) is 18.8 Å². The van der Waals surface area contributed by atoms with Crippen LogP contribution in [0.2, 0.25) is 0 Å². The molecule has 1 saturated carbocycles. The highest BCUT2D eigenvalue weighted by Gasteiger charge is 2.36. The Bertz CT molecular complexity index is 260. The van der Waals surface area contributed by atoms with Crippen molar-refractivity contribution in [3.8, 4) is 0 Å². The minimum absolute atomic E-state index is 0.178. The third kappa shape index (κ3) is 5.41. The van der Waals surface area contributed by atoms with E-state index in [0.29, 0.717) is 11.3 Å². The van der Waals surface area contributed by atoms with E-state index in [2.05, 4.69) is 46.6 Å². The fourth-order valence-electron chi connectivity index (χ4n) is 2.99. The molecule has 1 aliphatic rings. The van der Waals surface area contributed by atoms with Gasteiger partial charge in [0, 0.05) is 12.6 Å². The lowest BCUT2D eigenvalue weighted by Gasteiger charge is -2.43. The summed E-state index contributed by atoms with van der Waals surface area (Å²) in [4.78, 5) is 2.28. The standard InChI is InChI=1S/C16H33NO2/c1-12(2)19-10-9-17(6)14-11-13(16(3,4)5)7-8-15(14)18/h12-15,18H,7-11H2,1-6H3. The minimum Gasteiger partial charge on any atom is -0.391 e. The van der Waals surface area contributed by atoms with Crippen molar-refractivity contribution in [3.63, 3.8) is 0 Å². The fraction of sp³-hybridized carbons (Fsp3) is 1.00. The highest BCUT2D eigenvalue weighted by Crippen LogP contribution is 2.39. The molecule has 0 aromatic carbocycles. The maximum atomic E-state index is 10.2. The monoisotopic (exact) mass is 271 g/mol. The number of rotatable bonds is 5. The van der Waals surface area contributed by atoms with Crippen LogP contribution < -0.4 is 0 Å². The minimum atomic E-state index is -0.178. The van der Waals surface area contributed by atoms with Crippen LogP contribution in [0.25, 0.3) is 0 Å². The van der Waals surface area contributed by atoms with Gasteiger partial charge in [0.15, 0.2) is 0 Å². The molecule has 114 valence electrons.